The largest absolute Gasteiger partial charge is 0.480 e. The second kappa shape index (κ2) is 13.3. The summed E-state index contributed by atoms with van der Waals surface area (Å²) in [5.41, 5.74) is 5.77. The Bertz CT molecular complexity index is 546. The van der Waals surface area contributed by atoms with Crippen LogP contribution in [-0.4, -0.2) is 76.7 Å². The summed E-state index contributed by atoms with van der Waals surface area (Å²) in [6.45, 7) is 4.36. The molecule has 0 aliphatic heterocycles. The number of carboxylic acids is 1. The lowest BCUT2D eigenvalue weighted by Gasteiger charge is -2.24. The summed E-state index contributed by atoms with van der Waals surface area (Å²) in [6, 6.07) is -4.14. The van der Waals surface area contributed by atoms with Gasteiger partial charge in [0.1, 0.15) is 18.1 Å². The Morgan fingerprint density at radius 2 is 1.54 bits per heavy atom. The topological polar surface area (TPSA) is 171 Å². The van der Waals surface area contributed by atoms with E-state index in [-0.39, 0.29) is 12.3 Å². The van der Waals surface area contributed by atoms with Crippen LogP contribution in [0, 0.1) is 5.92 Å². The van der Waals surface area contributed by atoms with Gasteiger partial charge in [0.25, 0.3) is 0 Å². The second-order valence-corrected chi connectivity index (χ2v) is 7.88. The van der Waals surface area contributed by atoms with E-state index in [9.17, 15) is 19.2 Å². The van der Waals surface area contributed by atoms with E-state index in [4.69, 9.17) is 15.9 Å². The van der Waals surface area contributed by atoms with E-state index in [0.717, 1.165) is 0 Å². The molecule has 0 fully saturated rings. The van der Waals surface area contributed by atoms with Gasteiger partial charge >= 0.3 is 5.97 Å². The highest BCUT2D eigenvalue weighted by molar-refractivity contribution is 7.98. The monoisotopic (exact) mass is 420 g/mol. The lowest BCUT2D eigenvalue weighted by molar-refractivity contribution is -0.143. The smallest absolute Gasteiger partial charge is 0.328 e. The molecule has 162 valence electrons. The minimum atomic E-state index is -1.47. The standard InChI is InChI=1S/C17H32N4O6S/c1-9(2)7-12(16(25)21-13(8-22)17(26)27)20-14(23)10(3)19-15(24)11(18)5-6-28-4/h9-13,22H,5-8,18H2,1-4H3,(H,19,24)(H,20,23)(H,21,25)(H,26,27). The molecule has 28 heavy (non-hydrogen) atoms. The number of nitrogens with one attached hydrogen (secondary N) is 3. The Labute approximate surface area is 169 Å². The molecule has 10 nitrogen and oxygen atoms in total. The Hall–Kier alpha value is -1.85. The summed E-state index contributed by atoms with van der Waals surface area (Å²) in [4.78, 5) is 47.7. The van der Waals surface area contributed by atoms with Crippen molar-refractivity contribution in [2.24, 2.45) is 11.7 Å². The summed E-state index contributed by atoms with van der Waals surface area (Å²) in [7, 11) is 0. The lowest BCUT2D eigenvalue weighted by Crippen LogP contribution is -2.57. The maximum absolute atomic E-state index is 12.4. The van der Waals surface area contributed by atoms with Crippen molar-refractivity contribution >= 4 is 35.5 Å². The average Bonchev–Trinajstić information content (AvgIpc) is 2.62. The van der Waals surface area contributed by atoms with Gasteiger partial charge in [0.2, 0.25) is 17.7 Å². The number of aliphatic hydroxyl groups excluding tert-OH is 1. The Balaban J connectivity index is 4.93. The summed E-state index contributed by atoms with van der Waals surface area (Å²) < 4.78 is 0. The number of carbonyl (C=O) groups excluding carboxylic acids is 3. The third kappa shape index (κ3) is 9.90. The number of carbonyl (C=O) groups is 4. The minimum Gasteiger partial charge on any atom is -0.480 e. The van der Waals surface area contributed by atoms with Crippen molar-refractivity contribution in [1.82, 2.24) is 16.0 Å². The molecule has 0 aromatic heterocycles. The van der Waals surface area contributed by atoms with E-state index in [1.165, 1.54) is 6.92 Å². The van der Waals surface area contributed by atoms with Gasteiger partial charge in [0.05, 0.1) is 12.6 Å². The zero-order chi connectivity index (χ0) is 21.9. The molecule has 0 bridgehead atoms. The predicted octanol–water partition coefficient (Wildman–Crippen LogP) is -1.34. The molecule has 7 N–H and O–H groups in total. The quantitative estimate of drug-likeness (QED) is 0.213. The van der Waals surface area contributed by atoms with E-state index in [2.05, 4.69) is 16.0 Å². The van der Waals surface area contributed by atoms with Crippen LogP contribution in [0.3, 0.4) is 0 Å². The molecule has 0 saturated carbocycles. The SMILES string of the molecule is CSCCC(N)C(=O)NC(C)C(=O)NC(CC(C)C)C(=O)NC(CO)C(=O)O. The van der Waals surface area contributed by atoms with Crippen LogP contribution in [0.25, 0.3) is 0 Å². The van der Waals surface area contributed by atoms with E-state index in [1.54, 1.807) is 11.8 Å². The predicted molar refractivity (Wildman–Crippen MR) is 107 cm³/mol. The fourth-order valence-electron chi connectivity index (χ4n) is 2.22. The minimum absolute atomic E-state index is 0.0262. The average molecular weight is 421 g/mol. The molecular formula is C17H32N4O6S. The zero-order valence-corrected chi connectivity index (χ0v) is 17.5. The van der Waals surface area contributed by atoms with E-state index < -0.39 is 54.5 Å². The normalized spacial score (nSPS) is 15.2. The van der Waals surface area contributed by atoms with Crippen LogP contribution in [0.15, 0.2) is 0 Å². The summed E-state index contributed by atoms with van der Waals surface area (Å²) in [5.74, 6) is -2.43. The molecule has 0 aliphatic rings. The van der Waals surface area contributed by atoms with Crippen molar-refractivity contribution in [3.63, 3.8) is 0 Å². The van der Waals surface area contributed by atoms with Gasteiger partial charge in [0, 0.05) is 0 Å². The maximum Gasteiger partial charge on any atom is 0.328 e. The van der Waals surface area contributed by atoms with Crippen molar-refractivity contribution < 1.29 is 29.4 Å². The number of thioether (sulfide) groups is 1. The molecule has 0 heterocycles. The molecule has 0 spiro atoms. The number of rotatable bonds is 13. The van der Waals surface area contributed by atoms with Gasteiger partial charge in [-0.25, -0.2) is 4.79 Å². The Morgan fingerprint density at radius 1 is 0.964 bits per heavy atom. The van der Waals surface area contributed by atoms with Gasteiger partial charge in [-0.05, 0) is 37.7 Å². The molecule has 11 heteroatoms. The molecule has 0 saturated heterocycles. The number of nitrogens with two attached hydrogens (primary N) is 1. The zero-order valence-electron chi connectivity index (χ0n) is 16.7. The molecule has 0 radical (unpaired) electrons. The molecule has 0 aromatic rings. The highest BCUT2D eigenvalue weighted by Gasteiger charge is 2.28. The van der Waals surface area contributed by atoms with Crippen LogP contribution in [0.5, 0.6) is 0 Å². The Morgan fingerprint density at radius 3 is 2.00 bits per heavy atom. The molecular weight excluding hydrogens is 388 g/mol. The van der Waals surface area contributed by atoms with Gasteiger partial charge in [0.15, 0.2) is 0 Å². The first-order chi connectivity index (χ1) is 13.0. The van der Waals surface area contributed by atoms with Gasteiger partial charge in [-0.3, -0.25) is 14.4 Å². The number of hydrogen-bond acceptors (Lipinski definition) is 7. The summed E-state index contributed by atoms with van der Waals surface area (Å²) >= 11 is 1.56. The van der Waals surface area contributed by atoms with E-state index >= 15 is 0 Å². The summed E-state index contributed by atoms with van der Waals surface area (Å²) in [5, 5.41) is 25.2. The second-order valence-electron chi connectivity index (χ2n) is 6.89. The van der Waals surface area contributed by atoms with Crippen molar-refractivity contribution in [3.05, 3.63) is 0 Å². The van der Waals surface area contributed by atoms with Crippen LogP contribution < -0.4 is 21.7 Å². The fraction of sp³-hybridized carbons (Fsp3) is 0.765. The molecule has 0 aliphatic carbocycles. The molecule has 3 amide bonds. The van der Waals surface area contributed by atoms with Gasteiger partial charge in [-0.2, -0.15) is 11.8 Å². The fourth-order valence-corrected chi connectivity index (χ4v) is 2.71. The van der Waals surface area contributed by atoms with Crippen LogP contribution in [0.4, 0.5) is 0 Å². The van der Waals surface area contributed by atoms with E-state index in [1.807, 2.05) is 20.1 Å². The highest BCUT2D eigenvalue weighted by Crippen LogP contribution is 2.06. The number of aliphatic carboxylic acids is 1. The van der Waals surface area contributed by atoms with Crippen LogP contribution >= 0.6 is 11.8 Å². The first kappa shape index (κ1) is 26.1. The van der Waals surface area contributed by atoms with E-state index in [0.29, 0.717) is 12.2 Å². The summed E-state index contributed by atoms with van der Waals surface area (Å²) in [6.07, 6.45) is 2.62. The van der Waals surface area contributed by atoms with Gasteiger partial charge < -0.3 is 31.9 Å². The van der Waals surface area contributed by atoms with Crippen molar-refractivity contribution in [3.8, 4) is 0 Å². The first-order valence-corrected chi connectivity index (χ1v) is 10.4. The molecule has 4 atom stereocenters. The molecule has 0 aromatic carbocycles. The van der Waals surface area contributed by atoms with Crippen molar-refractivity contribution in [1.29, 1.82) is 0 Å². The lowest BCUT2D eigenvalue weighted by atomic mass is 10.0. The third-order valence-electron chi connectivity index (χ3n) is 3.86. The highest BCUT2D eigenvalue weighted by atomic mass is 32.2. The number of aliphatic hydroxyl groups is 1. The van der Waals surface area contributed by atoms with Crippen LogP contribution in [0.1, 0.15) is 33.6 Å². The maximum atomic E-state index is 12.4. The third-order valence-corrected chi connectivity index (χ3v) is 4.50. The van der Waals surface area contributed by atoms with Crippen LogP contribution in [0.2, 0.25) is 0 Å². The van der Waals surface area contributed by atoms with Gasteiger partial charge in [-0.1, -0.05) is 13.8 Å². The van der Waals surface area contributed by atoms with Crippen LogP contribution in [-0.2, 0) is 19.2 Å². The van der Waals surface area contributed by atoms with Crippen molar-refractivity contribution in [2.75, 3.05) is 18.6 Å². The van der Waals surface area contributed by atoms with Crippen molar-refractivity contribution in [2.45, 2.75) is 57.8 Å². The number of carboxylic acid groups (broad SMARTS) is 1. The van der Waals surface area contributed by atoms with Gasteiger partial charge in [-0.15, -0.1) is 0 Å². The Kier molecular flexibility index (Phi) is 12.5. The molecule has 0 rings (SSSR count). The number of amides is 3. The first-order valence-electron chi connectivity index (χ1n) is 9.02. The number of hydrogen-bond donors (Lipinski definition) is 6. The molecule has 4 unspecified atom stereocenters.